The predicted molar refractivity (Wildman–Crippen MR) is 124 cm³/mol. The van der Waals surface area contributed by atoms with Gasteiger partial charge in [-0.15, -0.1) is 11.8 Å². The van der Waals surface area contributed by atoms with Crippen LogP contribution in [0.4, 0.5) is 5.69 Å². The molecule has 1 atom stereocenters. The highest BCUT2D eigenvalue weighted by atomic mass is 35.5. The van der Waals surface area contributed by atoms with Gasteiger partial charge in [-0.25, -0.2) is 8.42 Å². The van der Waals surface area contributed by atoms with Crippen LogP contribution in [-0.2, 0) is 14.8 Å². The Morgan fingerprint density at radius 3 is 2.48 bits per heavy atom. The molecule has 31 heavy (non-hydrogen) atoms. The number of hydrogen-bond donors (Lipinski definition) is 1. The summed E-state index contributed by atoms with van der Waals surface area (Å²) in [5.41, 5.74) is 0.825. The van der Waals surface area contributed by atoms with Gasteiger partial charge >= 0.3 is 0 Å². The molecule has 166 valence electrons. The molecule has 1 fully saturated rings. The number of rotatable bonds is 7. The van der Waals surface area contributed by atoms with Crippen molar-refractivity contribution >= 4 is 50.9 Å². The zero-order valence-corrected chi connectivity index (χ0v) is 19.6. The predicted octanol–water partition coefficient (Wildman–Crippen LogP) is 3.52. The van der Waals surface area contributed by atoms with Crippen molar-refractivity contribution < 1.29 is 18.0 Å². The van der Waals surface area contributed by atoms with Gasteiger partial charge in [0.25, 0.3) is 5.91 Å². The van der Waals surface area contributed by atoms with Crippen molar-refractivity contribution in [3.63, 3.8) is 0 Å². The normalized spacial score (nSPS) is 16.5. The Kier molecular flexibility index (Phi) is 7.64. The van der Waals surface area contributed by atoms with Crippen LogP contribution in [-0.4, -0.2) is 60.2 Å². The topological polar surface area (TPSA) is 86.8 Å². The number of sulfonamides is 1. The number of carbonyl (C=O) groups excluding carboxylic acids is 2. The summed E-state index contributed by atoms with van der Waals surface area (Å²) in [5, 5.41) is 2.83. The van der Waals surface area contributed by atoms with Gasteiger partial charge in [-0.1, -0.05) is 43.6 Å². The Labute approximate surface area is 191 Å². The summed E-state index contributed by atoms with van der Waals surface area (Å²) in [7, 11) is -3.79. The largest absolute Gasteiger partial charge is 0.324 e. The number of halogens is 1. The lowest BCUT2D eigenvalue weighted by Crippen LogP contribution is -2.44. The van der Waals surface area contributed by atoms with E-state index in [1.165, 1.54) is 33.1 Å². The number of amides is 2. The maximum Gasteiger partial charge on any atom is 0.255 e. The van der Waals surface area contributed by atoms with Crippen LogP contribution in [0.2, 0.25) is 5.02 Å². The smallest absolute Gasteiger partial charge is 0.255 e. The molecule has 2 aromatic carbocycles. The summed E-state index contributed by atoms with van der Waals surface area (Å²) in [6.07, 6.45) is 0. The highest BCUT2D eigenvalue weighted by Gasteiger charge is 2.35. The zero-order valence-electron chi connectivity index (χ0n) is 17.2. The summed E-state index contributed by atoms with van der Waals surface area (Å²) in [6, 6.07) is 12.5. The van der Waals surface area contributed by atoms with Crippen molar-refractivity contribution in [2.45, 2.75) is 24.8 Å². The van der Waals surface area contributed by atoms with E-state index in [0.717, 1.165) is 0 Å². The molecule has 1 aliphatic heterocycles. The van der Waals surface area contributed by atoms with E-state index in [9.17, 15) is 18.0 Å². The second-order valence-corrected chi connectivity index (χ2v) is 10.2. The molecule has 2 aromatic rings. The van der Waals surface area contributed by atoms with Gasteiger partial charge in [0.2, 0.25) is 15.9 Å². The van der Waals surface area contributed by atoms with Crippen LogP contribution >= 0.6 is 23.4 Å². The molecule has 10 heteroatoms. The molecule has 0 bridgehead atoms. The van der Waals surface area contributed by atoms with Crippen LogP contribution in [0.15, 0.2) is 53.4 Å². The molecule has 2 amide bonds. The Bertz CT molecular complexity index is 1060. The summed E-state index contributed by atoms with van der Waals surface area (Å²) in [4.78, 5) is 27.2. The number of carbonyl (C=O) groups is 2. The monoisotopic (exact) mass is 481 g/mol. The van der Waals surface area contributed by atoms with Crippen molar-refractivity contribution in [2.75, 3.05) is 30.0 Å². The van der Waals surface area contributed by atoms with Crippen LogP contribution in [0.1, 0.15) is 24.2 Å². The molecular weight excluding hydrogens is 458 g/mol. The third kappa shape index (κ3) is 5.06. The van der Waals surface area contributed by atoms with Crippen molar-refractivity contribution in [2.24, 2.45) is 0 Å². The summed E-state index contributed by atoms with van der Waals surface area (Å²) >= 11 is 7.65. The molecule has 1 N–H and O–H groups in total. The number of nitrogens with one attached hydrogen (secondary N) is 1. The van der Waals surface area contributed by atoms with Gasteiger partial charge in [-0.05, 0) is 30.3 Å². The van der Waals surface area contributed by atoms with E-state index in [-0.39, 0.29) is 21.7 Å². The molecule has 7 nitrogen and oxygen atoms in total. The van der Waals surface area contributed by atoms with Crippen LogP contribution in [0.5, 0.6) is 0 Å². The van der Waals surface area contributed by atoms with E-state index in [0.29, 0.717) is 36.0 Å². The van der Waals surface area contributed by atoms with Crippen molar-refractivity contribution in [3.05, 3.63) is 59.1 Å². The minimum atomic E-state index is -3.79. The Hall–Kier alpha value is -2.07. The first-order valence-electron chi connectivity index (χ1n) is 9.83. The molecule has 1 saturated heterocycles. The maximum atomic E-state index is 12.9. The van der Waals surface area contributed by atoms with Crippen LogP contribution in [0.25, 0.3) is 0 Å². The molecule has 3 rings (SSSR count). The van der Waals surface area contributed by atoms with Gasteiger partial charge in [-0.3, -0.25) is 9.59 Å². The second-order valence-electron chi connectivity index (χ2n) is 6.88. The Morgan fingerprint density at radius 1 is 1.16 bits per heavy atom. The first kappa shape index (κ1) is 23.6. The molecule has 0 spiro atoms. The van der Waals surface area contributed by atoms with Gasteiger partial charge in [0.15, 0.2) is 0 Å². The molecule has 0 radical (unpaired) electrons. The third-order valence-electron chi connectivity index (χ3n) is 4.99. The van der Waals surface area contributed by atoms with E-state index in [2.05, 4.69) is 5.32 Å². The fourth-order valence-electron chi connectivity index (χ4n) is 3.31. The van der Waals surface area contributed by atoms with E-state index in [1.54, 1.807) is 44.2 Å². The standard InChI is InChI=1S/C21H24ClN3O4S2/c1-3-24(4-2)31(28,29)19-12-16(10-11-17(19)22)23-20(26)18-13-30-14-25(18)21(27)15-8-6-5-7-9-15/h5-12,18H,3-4,13-14H2,1-2H3,(H,23,26)/t18-/m0/s1. The lowest BCUT2D eigenvalue weighted by atomic mass is 10.1. The summed E-state index contributed by atoms with van der Waals surface area (Å²) < 4.78 is 27.1. The molecule has 0 unspecified atom stereocenters. The van der Waals surface area contributed by atoms with E-state index in [4.69, 9.17) is 11.6 Å². The number of thioether (sulfide) groups is 1. The first-order chi connectivity index (χ1) is 14.8. The highest BCUT2D eigenvalue weighted by molar-refractivity contribution is 7.99. The number of benzene rings is 2. The average molecular weight is 482 g/mol. The minimum absolute atomic E-state index is 0.0614. The van der Waals surface area contributed by atoms with Gasteiger partial charge in [0.05, 0.1) is 10.9 Å². The van der Waals surface area contributed by atoms with E-state index in [1.807, 2.05) is 6.07 Å². The van der Waals surface area contributed by atoms with Gasteiger partial charge in [0.1, 0.15) is 10.9 Å². The Balaban J connectivity index is 1.81. The molecule has 1 heterocycles. The SMILES string of the molecule is CCN(CC)S(=O)(=O)c1cc(NC(=O)[C@@H]2CSCN2C(=O)c2ccccc2)ccc1Cl. The lowest BCUT2D eigenvalue weighted by molar-refractivity contribution is -0.119. The zero-order chi connectivity index (χ0) is 22.6. The van der Waals surface area contributed by atoms with Crippen molar-refractivity contribution in [3.8, 4) is 0 Å². The third-order valence-corrected chi connectivity index (χ3v) is 8.53. The second kappa shape index (κ2) is 10.0. The average Bonchev–Trinajstić information content (AvgIpc) is 3.26. The fourth-order valence-corrected chi connectivity index (χ4v) is 6.43. The summed E-state index contributed by atoms with van der Waals surface area (Å²) in [6.45, 7) is 4.11. The fraction of sp³-hybridized carbons (Fsp3) is 0.333. The first-order valence-corrected chi connectivity index (χ1v) is 12.8. The number of hydrogen-bond acceptors (Lipinski definition) is 5. The lowest BCUT2D eigenvalue weighted by Gasteiger charge is -2.23. The van der Waals surface area contributed by atoms with Gasteiger partial charge < -0.3 is 10.2 Å². The molecule has 0 saturated carbocycles. The van der Waals surface area contributed by atoms with Gasteiger partial charge in [-0.2, -0.15) is 4.31 Å². The molecule has 1 aliphatic rings. The quantitative estimate of drug-likeness (QED) is 0.653. The Morgan fingerprint density at radius 2 is 1.84 bits per heavy atom. The van der Waals surface area contributed by atoms with Crippen LogP contribution in [0.3, 0.4) is 0 Å². The molecule has 0 aliphatic carbocycles. The summed E-state index contributed by atoms with van der Waals surface area (Å²) in [5.74, 6) is 0.283. The highest BCUT2D eigenvalue weighted by Crippen LogP contribution is 2.29. The molecule has 0 aromatic heterocycles. The number of anilines is 1. The van der Waals surface area contributed by atoms with Crippen molar-refractivity contribution in [1.29, 1.82) is 0 Å². The van der Waals surface area contributed by atoms with Crippen LogP contribution < -0.4 is 5.32 Å². The maximum absolute atomic E-state index is 12.9. The van der Waals surface area contributed by atoms with Gasteiger partial charge in [0, 0.05) is 30.1 Å². The van der Waals surface area contributed by atoms with Crippen LogP contribution in [0, 0.1) is 0 Å². The molecular formula is C21H24ClN3O4S2. The van der Waals surface area contributed by atoms with E-state index >= 15 is 0 Å². The van der Waals surface area contributed by atoms with E-state index < -0.39 is 16.1 Å². The van der Waals surface area contributed by atoms with Crippen molar-refractivity contribution in [1.82, 2.24) is 9.21 Å². The number of nitrogens with zero attached hydrogens (tertiary/aromatic N) is 2. The minimum Gasteiger partial charge on any atom is -0.324 e.